The van der Waals surface area contributed by atoms with Crippen LogP contribution in [0.25, 0.3) is 0 Å². The van der Waals surface area contributed by atoms with Crippen molar-refractivity contribution in [2.45, 2.75) is 64.3 Å². The van der Waals surface area contributed by atoms with Gasteiger partial charge in [-0.3, -0.25) is 0 Å². The van der Waals surface area contributed by atoms with Gasteiger partial charge in [-0.2, -0.15) is 0 Å². The summed E-state index contributed by atoms with van der Waals surface area (Å²) >= 11 is 6.89. The molecule has 2 aromatic rings. The highest BCUT2D eigenvalue weighted by Crippen LogP contribution is 2.60. The highest BCUT2D eigenvalue weighted by Gasteiger charge is 2.58. The van der Waals surface area contributed by atoms with Gasteiger partial charge < -0.3 is 4.90 Å². The number of halogens is 1. The van der Waals surface area contributed by atoms with E-state index in [4.69, 9.17) is 11.6 Å². The zero-order chi connectivity index (χ0) is 21.3. The molecule has 0 aromatic heterocycles. The molecular formula is C28H32ClN. The third-order valence-corrected chi connectivity index (χ3v) is 8.23. The van der Waals surface area contributed by atoms with Crippen LogP contribution in [0.3, 0.4) is 0 Å². The van der Waals surface area contributed by atoms with Gasteiger partial charge in [0.15, 0.2) is 0 Å². The Hall–Kier alpha value is -1.99. The van der Waals surface area contributed by atoms with Gasteiger partial charge in [0.05, 0.1) is 16.2 Å². The van der Waals surface area contributed by atoms with E-state index in [1.165, 1.54) is 34.4 Å². The summed E-state index contributed by atoms with van der Waals surface area (Å²) in [6, 6.07) is 13.6. The summed E-state index contributed by atoms with van der Waals surface area (Å²) in [5.41, 5.74) is 8.21. The van der Waals surface area contributed by atoms with E-state index in [1.54, 1.807) is 5.57 Å². The van der Waals surface area contributed by atoms with Gasteiger partial charge in [-0.25, -0.2) is 0 Å². The average Bonchev–Trinajstić information content (AvgIpc) is 2.98. The van der Waals surface area contributed by atoms with Gasteiger partial charge in [-0.05, 0) is 80.3 Å². The molecule has 3 aliphatic rings. The van der Waals surface area contributed by atoms with E-state index >= 15 is 0 Å². The van der Waals surface area contributed by atoms with Crippen molar-refractivity contribution in [3.8, 4) is 0 Å². The van der Waals surface area contributed by atoms with Crippen LogP contribution in [0.1, 0.15) is 61.8 Å². The van der Waals surface area contributed by atoms with Crippen LogP contribution in [-0.4, -0.2) is 12.1 Å². The normalized spacial score (nSPS) is 30.1. The molecular weight excluding hydrogens is 386 g/mol. The Morgan fingerprint density at radius 2 is 1.87 bits per heavy atom. The first kappa shape index (κ1) is 19.9. The number of fused-ring (bicyclic) bond motifs is 3. The van der Waals surface area contributed by atoms with Crippen molar-refractivity contribution in [3.05, 3.63) is 87.5 Å². The predicted octanol–water partition coefficient (Wildman–Crippen LogP) is 7.50. The summed E-state index contributed by atoms with van der Waals surface area (Å²) in [5.74, 6) is 0.922. The summed E-state index contributed by atoms with van der Waals surface area (Å²) in [5, 5.41) is 0.870. The number of rotatable bonds is 1. The minimum atomic E-state index is -0.0954. The highest BCUT2D eigenvalue weighted by atomic mass is 35.5. The molecule has 0 spiro atoms. The van der Waals surface area contributed by atoms with Crippen molar-refractivity contribution in [1.29, 1.82) is 0 Å². The molecule has 0 amide bonds. The van der Waals surface area contributed by atoms with Crippen LogP contribution in [-0.2, 0) is 5.41 Å². The molecule has 156 valence electrons. The van der Waals surface area contributed by atoms with Crippen molar-refractivity contribution >= 4 is 17.3 Å². The smallest absolute Gasteiger partial charge is 0.0645 e. The maximum absolute atomic E-state index is 6.89. The Labute approximate surface area is 186 Å². The molecule has 1 aliphatic heterocycles. The number of aryl methyl sites for hydroxylation is 2. The van der Waals surface area contributed by atoms with E-state index in [0.717, 1.165) is 18.0 Å². The van der Waals surface area contributed by atoms with Crippen LogP contribution >= 0.6 is 11.6 Å². The Bertz CT molecular complexity index is 1050. The van der Waals surface area contributed by atoms with Crippen molar-refractivity contribution in [1.82, 2.24) is 0 Å². The fourth-order valence-electron chi connectivity index (χ4n) is 6.55. The molecule has 5 rings (SSSR count). The number of benzene rings is 2. The third-order valence-electron chi connectivity index (χ3n) is 7.95. The number of hydrogen-bond acceptors (Lipinski definition) is 1. The first-order valence-electron chi connectivity index (χ1n) is 11.3. The maximum atomic E-state index is 6.89. The third kappa shape index (κ3) is 2.61. The molecule has 1 fully saturated rings. The fraction of sp³-hybridized carbons (Fsp3) is 0.429. The van der Waals surface area contributed by atoms with Crippen molar-refractivity contribution in [3.63, 3.8) is 0 Å². The molecule has 2 aromatic carbocycles. The van der Waals surface area contributed by atoms with Gasteiger partial charge in [0.2, 0.25) is 0 Å². The first-order valence-corrected chi connectivity index (χ1v) is 11.7. The molecule has 1 saturated heterocycles. The van der Waals surface area contributed by atoms with Crippen LogP contribution in [0.2, 0.25) is 5.02 Å². The quantitative estimate of drug-likeness (QED) is 0.434. The molecule has 2 heteroatoms. The van der Waals surface area contributed by atoms with E-state index < -0.39 is 0 Å². The van der Waals surface area contributed by atoms with Crippen molar-refractivity contribution in [2.24, 2.45) is 5.92 Å². The summed E-state index contributed by atoms with van der Waals surface area (Å²) in [4.78, 5) is 2.60. The number of allylic oxidation sites excluding steroid dienone is 3. The van der Waals surface area contributed by atoms with Crippen LogP contribution in [0, 0.1) is 19.8 Å². The van der Waals surface area contributed by atoms with E-state index in [2.05, 4.69) is 94.1 Å². The van der Waals surface area contributed by atoms with Crippen LogP contribution in [0.5, 0.6) is 0 Å². The molecule has 2 bridgehead atoms. The Morgan fingerprint density at radius 3 is 2.63 bits per heavy atom. The number of hydrogen-bond donors (Lipinski definition) is 0. The predicted molar refractivity (Wildman–Crippen MR) is 129 cm³/mol. The van der Waals surface area contributed by atoms with Gasteiger partial charge in [0, 0.05) is 17.9 Å². The van der Waals surface area contributed by atoms with Gasteiger partial charge in [0.1, 0.15) is 0 Å². The minimum Gasteiger partial charge on any atom is -0.360 e. The number of nitrogens with zero attached hydrogens (tertiary/aromatic N) is 1. The van der Waals surface area contributed by atoms with Crippen LogP contribution < -0.4 is 4.90 Å². The molecule has 3 atom stereocenters. The van der Waals surface area contributed by atoms with E-state index in [0.29, 0.717) is 11.8 Å². The zero-order valence-electron chi connectivity index (χ0n) is 18.8. The molecule has 2 unspecified atom stereocenters. The molecule has 2 aliphatic carbocycles. The second-order valence-corrected chi connectivity index (χ2v) is 10.5. The highest BCUT2D eigenvalue weighted by molar-refractivity contribution is 6.33. The topological polar surface area (TPSA) is 3.24 Å². The summed E-state index contributed by atoms with van der Waals surface area (Å²) in [6.07, 6.45) is 9.85. The molecule has 1 heterocycles. The zero-order valence-corrected chi connectivity index (χ0v) is 19.6. The van der Waals surface area contributed by atoms with Gasteiger partial charge in [0.25, 0.3) is 0 Å². The fourth-order valence-corrected chi connectivity index (χ4v) is 6.97. The van der Waals surface area contributed by atoms with E-state index in [1.807, 2.05) is 0 Å². The second-order valence-electron chi connectivity index (χ2n) is 10.1. The van der Waals surface area contributed by atoms with Gasteiger partial charge in [-0.15, -0.1) is 0 Å². The summed E-state index contributed by atoms with van der Waals surface area (Å²) in [6.45, 7) is 12.5. The maximum Gasteiger partial charge on any atom is 0.0645 e. The van der Waals surface area contributed by atoms with Crippen molar-refractivity contribution < 1.29 is 0 Å². The average molecular weight is 418 g/mol. The largest absolute Gasteiger partial charge is 0.360 e. The number of anilines is 1. The standard InChI is InChI=1S/C28H32ClN/c1-18-14-19(2)26(24(29)15-18)30-17-28-20(3)10-6-7-11-21(16-25(28)27(30,4)5)22-12-8-9-13-23(22)28/h6,8-10,12-16,20-21H,7,11,17H2,1-5H3/b10-6-/t20-,21?,28?/m0/s1. The lowest BCUT2D eigenvalue weighted by molar-refractivity contribution is 0.417. The SMILES string of the molecule is Cc1cc(C)c(N2CC34C(=CC(CC/C=C\[C@@H]3C)c3ccccc34)C2(C)C)c(Cl)c1. The van der Waals surface area contributed by atoms with Gasteiger partial charge in [-0.1, -0.05) is 67.1 Å². The lowest BCUT2D eigenvalue weighted by Crippen LogP contribution is -2.40. The monoisotopic (exact) mass is 417 g/mol. The Morgan fingerprint density at radius 1 is 1.10 bits per heavy atom. The Kier molecular flexibility index (Phi) is 4.49. The summed E-state index contributed by atoms with van der Waals surface area (Å²) < 4.78 is 0. The van der Waals surface area contributed by atoms with E-state index in [-0.39, 0.29) is 11.0 Å². The minimum absolute atomic E-state index is 0.0158. The van der Waals surface area contributed by atoms with Crippen LogP contribution in [0.4, 0.5) is 5.69 Å². The molecule has 0 saturated carbocycles. The second kappa shape index (κ2) is 6.76. The molecule has 30 heavy (non-hydrogen) atoms. The Balaban J connectivity index is 1.79. The lowest BCUT2D eigenvalue weighted by Gasteiger charge is -2.43. The summed E-state index contributed by atoms with van der Waals surface area (Å²) in [7, 11) is 0. The molecule has 0 N–H and O–H groups in total. The first-order chi connectivity index (χ1) is 14.3. The molecule has 0 radical (unpaired) electrons. The van der Waals surface area contributed by atoms with Gasteiger partial charge >= 0.3 is 0 Å². The van der Waals surface area contributed by atoms with Crippen LogP contribution in [0.15, 0.2) is 60.2 Å². The molecule has 1 nitrogen and oxygen atoms in total. The van der Waals surface area contributed by atoms with Crippen molar-refractivity contribution in [2.75, 3.05) is 11.4 Å². The van der Waals surface area contributed by atoms with E-state index in [9.17, 15) is 0 Å². The lowest BCUT2D eigenvalue weighted by atomic mass is 9.59.